The summed E-state index contributed by atoms with van der Waals surface area (Å²) < 4.78 is 11.5. The van der Waals surface area contributed by atoms with Gasteiger partial charge in [-0.15, -0.1) is 0 Å². The maximum Gasteiger partial charge on any atom is 0.260 e. The van der Waals surface area contributed by atoms with Crippen LogP contribution in [-0.2, 0) is 28.2 Å². The molecule has 0 unspecified atom stereocenters. The highest BCUT2D eigenvalue weighted by molar-refractivity contribution is 5.79. The van der Waals surface area contributed by atoms with Gasteiger partial charge in [-0.25, -0.2) is 9.97 Å². The van der Waals surface area contributed by atoms with Crippen molar-refractivity contribution in [1.82, 2.24) is 14.9 Å². The number of carbonyl (C=O) groups excluding carboxylic acids is 1. The van der Waals surface area contributed by atoms with Crippen molar-refractivity contribution in [3.63, 3.8) is 0 Å². The summed E-state index contributed by atoms with van der Waals surface area (Å²) in [6.45, 7) is 3.72. The molecule has 1 aromatic carbocycles. The number of aromatic nitrogens is 2. The van der Waals surface area contributed by atoms with Crippen molar-refractivity contribution in [2.75, 3.05) is 19.7 Å². The third-order valence-corrected chi connectivity index (χ3v) is 4.72. The second-order valence-corrected chi connectivity index (χ2v) is 6.53. The lowest BCUT2D eigenvalue weighted by atomic mass is 9.87. The molecular formula is C19H21N3O3. The molecule has 130 valence electrons. The Morgan fingerprint density at radius 3 is 2.88 bits per heavy atom. The summed E-state index contributed by atoms with van der Waals surface area (Å²) in [5, 5.41) is 0. The Bertz CT molecular complexity index is 773. The van der Waals surface area contributed by atoms with E-state index in [2.05, 4.69) is 16.9 Å². The minimum absolute atomic E-state index is 0.0324. The normalized spacial score (nSPS) is 17.2. The summed E-state index contributed by atoms with van der Waals surface area (Å²) >= 11 is 0. The van der Waals surface area contributed by atoms with Crippen molar-refractivity contribution in [2.24, 2.45) is 0 Å². The van der Waals surface area contributed by atoms with Gasteiger partial charge < -0.3 is 14.4 Å². The predicted molar refractivity (Wildman–Crippen MR) is 91.0 cm³/mol. The predicted octanol–water partition coefficient (Wildman–Crippen LogP) is 2.08. The average Bonchev–Trinajstić information content (AvgIpc) is 2.99. The van der Waals surface area contributed by atoms with Crippen LogP contribution < -0.4 is 4.74 Å². The molecule has 1 aromatic heterocycles. The van der Waals surface area contributed by atoms with Gasteiger partial charge in [-0.2, -0.15) is 0 Å². The van der Waals surface area contributed by atoms with Crippen LogP contribution in [0.2, 0.25) is 0 Å². The maximum atomic E-state index is 12.3. The zero-order valence-electron chi connectivity index (χ0n) is 14.3. The molecule has 3 heterocycles. The van der Waals surface area contributed by atoms with Gasteiger partial charge in [-0.3, -0.25) is 4.79 Å². The van der Waals surface area contributed by atoms with Crippen molar-refractivity contribution in [1.29, 1.82) is 0 Å². The van der Waals surface area contributed by atoms with E-state index < -0.39 is 5.60 Å². The van der Waals surface area contributed by atoms with E-state index in [9.17, 15) is 4.79 Å². The van der Waals surface area contributed by atoms with Crippen molar-refractivity contribution in [2.45, 2.75) is 32.0 Å². The highest BCUT2D eigenvalue weighted by Crippen LogP contribution is 2.42. The molecule has 0 bridgehead atoms. The molecule has 2 aliphatic heterocycles. The fraction of sp³-hybridized carbons (Fsp3) is 0.421. The van der Waals surface area contributed by atoms with Gasteiger partial charge in [0.25, 0.3) is 5.91 Å². The number of ether oxygens (including phenoxy) is 2. The quantitative estimate of drug-likeness (QED) is 0.834. The number of amides is 1. The Morgan fingerprint density at radius 2 is 2.12 bits per heavy atom. The monoisotopic (exact) mass is 339 g/mol. The topological polar surface area (TPSA) is 64.6 Å². The number of nitrogens with zero attached hydrogens (tertiary/aromatic N) is 3. The summed E-state index contributed by atoms with van der Waals surface area (Å²) in [6, 6.07) is 9.36. The van der Waals surface area contributed by atoms with Crippen LogP contribution in [-0.4, -0.2) is 40.5 Å². The number of fused-ring (bicyclic) bond motifs is 2. The van der Waals surface area contributed by atoms with Gasteiger partial charge in [0.15, 0.2) is 6.61 Å². The van der Waals surface area contributed by atoms with Crippen LogP contribution in [0.5, 0.6) is 5.75 Å². The van der Waals surface area contributed by atoms with Gasteiger partial charge in [0.2, 0.25) is 0 Å². The summed E-state index contributed by atoms with van der Waals surface area (Å²) in [6.07, 6.45) is 3.78. The number of para-hydroxylation sites is 1. The van der Waals surface area contributed by atoms with Gasteiger partial charge >= 0.3 is 0 Å². The van der Waals surface area contributed by atoms with Crippen LogP contribution >= 0.6 is 0 Å². The van der Waals surface area contributed by atoms with Crippen LogP contribution in [0.25, 0.3) is 0 Å². The summed E-state index contributed by atoms with van der Waals surface area (Å²) in [7, 11) is 0. The molecule has 0 aliphatic carbocycles. The molecule has 0 atom stereocenters. The zero-order chi connectivity index (χ0) is 17.3. The molecule has 0 N–H and O–H groups in total. The molecule has 0 radical (unpaired) electrons. The van der Waals surface area contributed by atoms with Gasteiger partial charge in [0.1, 0.15) is 17.2 Å². The Labute approximate surface area is 146 Å². The molecule has 25 heavy (non-hydrogen) atoms. The van der Waals surface area contributed by atoms with Gasteiger partial charge in [-0.1, -0.05) is 25.1 Å². The van der Waals surface area contributed by atoms with E-state index in [0.29, 0.717) is 25.4 Å². The number of likely N-dealkylation sites (tertiary alicyclic amines) is 1. The number of carbonyl (C=O) groups is 1. The molecule has 2 aliphatic rings. The lowest BCUT2D eigenvalue weighted by Crippen LogP contribution is -2.62. The Balaban J connectivity index is 1.37. The number of rotatable bonds is 5. The second-order valence-electron chi connectivity index (χ2n) is 6.53. The first-order valence-corrected chi connectivity index (χ1v) is 8.65. The van der Waals surface area contributed by atoms with Crippen LogP contribution in [0.1, 0.15) is 30.4 Å². The summed E-state index contributed by atoms with van der Waals surface area (Å²) in [4.78, 5) is 23.1. The summed E-state index contributed by atoms with van der Waals surface area (Å²) in [5.74, 6) is 1.53. The Morgan fingerprint density at radius 1 is 1.32 bits per heavy atom. The number of aryl methyl sites for hydroxylation is 1. The molecule has 1 saturated heterocycles. The third-order valence-electron chi connectivity index (χ3n) is 4.72. The highest BCUT2D eigenvalue weighted by atomic mass is 16.5. The fourth-order valence-electron chi connectivity index (χ4n) is 3.34. The molecule has 6 heteroatoms. The molecule has 1 fully saturated rings. The molecule has 0 saturated carbocycles. The number of hydrogen-bond acceptors (Lipinski definition) is 5. The van der Waals surface area contributed by atoms with Crippen molar-refractivity contribution >= 4 is 5.91 Å². The number of benzene rings is 1. The minimum atomic E-state index is -0.428. The zero-order valence-corrected chi connectivity index (χ0v) is 14.3. The van der Waals surface area contributed by atoms with Crippen molar-refractivity contribution in [3.05, 3.63) is 53.6 Å². The van der Waals surface area contributed by atoms with Gasteiger partial charge in [-0.05, 0) is 18.6 Å². The molecule has 6 nitrogen and oxygen atoms in total. The van der Waals surface area contributed by atoms with E-state index in [1.54, 1.807) is 4.90 Å². The first kappa shape index (κ1) is 16.0. The SMILES string of the molecule is CCCc1ncc2c(n1)COC21CN(C(=O)COc2ccccc2)C1. The molecule has 4 rings (SSSR count). The van der Waals surface area contributed by atoms with Crippen molar-refractivity contribution in [3.8, 4) is 5.75 Å². The van der Waals surface area contributed by atoms with E-state index in [4.69, 9.17) is 9.47 Å². The first-order chi connectivity index (χ1) is 12.2. The van der Waals surface area contributed by atoms with E-state index in [0.717, 1.165) is 29.9 Å². The van der Waals surface area contributed by atoms with E-state index in [1.807, 2.05) is 36.5 Å². The second kappa shape index (κ2) is 6.44. The van der Waals surface area contributed by atoms with Gasteiger partial charge in [0.05, 0.1) is 25.4 Å². The van der Waals surface area contributed by atoms with Gasteiger partial charge in [0, 0.05) is 18.2 Å². The molecule has 1 spiro atoms. The lowest BCUT2D eigenvalue weighted by Gasteiger charge is -2.47. The standard InChI is InChI=1S/C19H21N3O3/c1-2-6-17-20-9-15-16(21-17)10-25-19(15)12-22(13-19)18(23)11-24-14-7-4-3-5-8-14/h3-5,7-9H,2,6,10-13H2,1H3. The third kappa shape index (κ3) is 2.98. The number of hydrogen-bond donors (Lipinski definition) is 0. The van der Waals surface area contributed by atoms with Crippen LogP contribution in [0.3, 0.4) is 0 Å². The largest absolute Gasteiger partial charge is 0.484 e. The Hall–Kier alpha value is -2.47. The van der Waals surface area contributed by atoms with Crippen LogP contribution in [0.15, 0.2) is 36.5 Å². The highest BCUT2D eigenvalue weighted by Gasteiger charge is 2.52. The lowest BCUT2D eigenvalue weighted by molar-refractivity contribution is -0.170. The van der Waals surface area contributed by atoms with Crippen molar-refractivity contribution < 1.29 is 14.3 Å². The average molecular weight is 339 g/mol. The maximum absolute atomic E-state index is 12.3. The summed E-state index contributed by atoms with van der Waals surface area (Å²) in [5.41, 5.74) is 1.56. The van der Waals surface area contributed by atoms with Crippen LogP contribution in [0.4, 0.5) is 0 Å². The smallest absolute Gasteiger partial charge is 0.260 e. The van der Waals surface area contributed by atoms with E-state index >= 15 is 0 Å². The molecule has 2 aromatic rings. The first-order valence-electron chi connectivity index (χ1n) is 8.65. The van der Waals surface area contributed by atoms with Crippen LogP contribution in [0, 0.1) is 0 Å². The minimum Gasteiger partial charge on any atom is -0.484 e. The van der Waals surface area contributed by atoms with E-state index in [-0.39, 0.29) is 12.5 Å². The Kier molecular flexibility index (Phi) is 4.13. The molecule has 1 amide bonds. The van der Waals surface area contributed by atoms with E-state index in [1.165, 1.54) is 0 Å². The molecular weight excluding hydrogens is 318 g/mol. The fourth-order valence-corrected chi connectivity index (χ4v) is 3.34.